The normalized spacial score (nSPS) is 14.8. The largest absolute Gasteiger partial charge is 0.393 e. The summed E-state index contributed by atoms with van der Waals surface area (Å²) in [6, 6.07) is 6.27. The van der Waals surface area contributed by atoms with Crippen LogP contribution in [0, 0.1) is 5.82 Å². The van der Waals surface area contributed by atoms with Gasteiger partial charge in [0, 0.05) is 12.6 Å². The average Bonchev–Trinajstić information content (AvgIpc) is 2.34. The molecule has 0 aliphatic rings. The van der Waals surface area contributed by atoms with Crippen molar-refractivity contribution in [2.75, 3.05) is 20.1 Å². The monoisotopic (exact) mass is 254 g/mol. The van der Waals surface area contributed by atoms with Crippen molar-refractivity contribution in [3.8, 4) is 0 Å². The van der Waals surface area contributed by atoms with E-state index in [1.54, 1.807) is 19.1 Å². The lowest BCUT2D eigenvalue weighted by Crippen LogP contribution is -2.26. The lowest BCUT2D eigenvalue weighted by atomic mass is 10.0. The van der Waals surface area contributed by atoms with Gasteiger partial charge in [0.25, 0.3) is 0 Å². The molecule has 3 nitrogen and oxygen atoms in total. The minimum atomic E-state index is -0.266. The second-order valence-electron chi connectivity index (χ2n) is 4.89. The van der Waals surface area contributed by atoms with E-state index < -0.39 is 0 Å². The summed E-state index contributed by atoms with van der Waals surface area (Å²) < 4.78 is 12.8. The Morgan fingerprint density at radius 3 is 2.33 bits per heavy atom. The van der Waals surface area contributed by atoms with E-state index in [1.165, 1.54) is 12.1 Å². The molecule has 3 N–H and O–H groups in total. The van der Waals surface area contributed by atoms with Crippen molar-refractivity contribution in [3.05, 3.63) is 35.6 Å². The molecule has 0 aromatic heterocycles. The zero-order chi connectivity index (χ0) is 13.5. The fraction of sp³-hybridized carbons (Fsp3) is 0.571. The van der Waals surface area contributed by atoms with Gasteiger partial charge >= 0.3 is 0 Å². The minimum absolute atomic E-state index is 0.0698. The van der Waals surface area contributed by atoms with E-state index in [4.69, 9.17) is 5.73 Å². The molecule has 1 aromatic carbocycles. The molecule has 0 radical (unpaired) electrons. The van der Waals surface area contributed by atoms with Crippen LogP contribution in [-0.2, 0) is 0 Å². The lowest BCUT2D eigenvalue weighted by molar-refractivity contribution is 0.163. The van der Waals surface area contributed by atoms with Crippen LogP contribution in [-0.4, -0.2) is 36.2 Å². The molecule has 0 saturated carbocycles. The third kappa shape index (κ3) is 5.58. The van der Waals surface area contributed by atoms with Gasteiger partial charge in [0.1, 0.15) is 5.82 Å². The number of rotatable bonds is 7. The van der Waals surface area contributed by atoms with E-state index in [0.717, 1.165) is 31.5 Å². The van der Waals surface area contributed by atoms with Crippen molar-refractivity contribution in [3.63, 3.8) is 0 Å². The summed E-state index contributed by atoms with van der Waals surface area (Å²) in [4.78, 5) is 2.15. The highest BCUT2D eigenvalue weighted by Crippen LogP contribution is 2.14. The first-order chi connectivity index (χ1) is 8.49. The predicted octanol–water partition coefficient (Wildman–Crippen LogP) is 1.92. The van der Waals surface area contributed by atoms with Crippen LogP contribution < -0.4 is 5.73 Å². The number of nitrogens with two attached hydrogens (primary N) is 1. The van der Waals surface area contributed by atoms with Crippen LogP contribution >= 0.6 is 0 Å². The Kier molecular flexibility index (Phi) is 6.25. The molecule has 0 aliphatic carbocycles. The standard InChI is InChI=1S/C14H23FN2O/c1-11(18)7-9-17(2)10-8-14(16)12-3-5-13(15)6-4-12/h3-6,11,14,18H,7-10,16H2,1-2H3. The third-order valence-electron chi connectivity index (χ3n) is 3.05. The molecule has 2 atom stereocenters. The van der Waals surface area contributed by atoms with Gasteiger partial charge in [-0.05, 0) is 51.1 Å². The Labute approximate surface area is 108 Å². The van der Waals surface area contributed by atoms with E-state index in [1.807, 2.05) is 7.05 Å². The van der Waals surface area contributed by atoms with E-state index in [0.29, 0.717) is 0 Å². The van der Waals surface area contributed by atoms with Gasteiger partial charge in [0.05, 0.1) is 6.10 Å². The van der Waals surface area contributed by atoms with Gasteiger partial charge in [0.15, 0.2) is 0 Å². The molecule has 4 heteroatoms. The average molecular weight is 254 g/mol. The van der Waals surface area contributed by atoms with Crippen molar-refractivity contribution >= 4 is 0 Å². The van der Waals surface area contributed by atoms with E-state index >= 15 is 0 Å². The van der Waals surface area contributed by atoms with Gasteiger partial charge in [-0.25, -0.2) is 4.39 Å². The van der Waals surface area contributed by atoms with Gasteiger partial charge < -0.3 is 15.7 Å². The maximum atomic E-state index is 12.8. The van der Waals surface area contributed by atoms with Crippen molar-refractivity contribution in [1.29, 1.82) is 0 Å². The summed E-state index contributed by atoms with van der Waals surface area (Å²) in [6.07, 6.45) is 1.32. The molecule has 0 heterocycles. The van der Waals surface area contributed by atoms with Crippen molar-refractivity contribution < 1.29 is 9.50 Å². The molecule has 2 unspecified atom stereocenters. The summed E-state index contributed by atoms with van der Waals surface area (Å²) in [5.41, 5.74) is 7.01. The maximum Gasteiger partial charge on any atom is 0.123 e. The number of benzene rings is 1. The van der Waals surface area contributed by atoms with Crippen LogP contribution in [0.2, 0.25) is 0 Å². The maximum absolute atomic E-state index is 12.8. The van der Waals surface area contributed by atoms with Gasteiger partial charge in [-0.15, -0.1) is 0 Å². The highest BCUT2D eigenvalue weighted by Gasteiger charge is 2.08. The first-order valence-corrected chi connectivity index (χ1v) is 6.36. The fourth-order valence-corrected chi connectivity index (χ4v) is 1.76. The van der Waals surface area contributed by atoms with Crippen LogP contribution in [0.3, 0.4) is 0 Å². The topological polar surface area (TPSA) is 49.5 Å². The van der Waals surface area contributed by atoms with Gasteiger partial charge in [0.2, 0.25) is 0 Å². The summed E-state index contributed by atoms with van der Waals surface area (Å²) >= 11 is 0. The molecule has 18 heavy (non-hydrogen) atoms. The molecule has 1 rings (SSSR count). The zero-order valence-corrected chi connectivity index (χ0v) is 11.1. The van der Waals surface area contributed by atoms with Crippen LogP contribution in [0.25, 0.3) is 0 Å². The second kappa shape index (κ2) is 7.46. The number of halogens is 1. The van der Waals surface area contributed by atoms with Crippen LogP contribution in [0.5, 0.6) is 0 Å². The number of hydrogen-bond donors (Lipinski definition) is 2. The Morgan fingerprint density at radius 2 is 1.78 bits per heavy atom. The number of aliphatic hydroxyl groups excluding tert-OH is 1. The van der Waals surface area contributed by atoms with E-state index in [-0.39, 0.29) is 18.0 Å². The first-order valence-electron chi connectivity index (χ1n) is 6.36. The van der Waals surface area contributed by atoms with E-state index in [9.17, 15) is 9.50 Å². The van der Waals surface area contributed by atoms with Gasteiger partial charge in [-0.1, -0.05) is 12.1 Å². The highest BCUT2D eigenvalue weighted by atomic mass is 19.1. The Balaban J connectivity index is 2.32. The molecule has 0 aliphatic heterocycles. The second-order valence-corrected chi connectivity index (χ2v) is 4.89. The first kappa shape index (κ1) is 15.1. The lowest BCUT2D eigenvalue weighted by Gasteiger charge is -2.20. The quantitative estimate of drug-likeness (QED) is 0.781. The predicted molar refractivity (Wildman–Crippen MR) is 71.7 cm³/mol. The number of hydrogen-bond acceptors (Lipinski definition) is 3. The molecule has 0 bridgehead atoms. The smallest absolute Gasteiger partial charge is 0.123 e. The summed E-state index contributed by atoms with van der Waals surface area (Å²) in [7, 11) is 2.01. The summed E-state index contributed by atoms with van der Waals surface area (Å²) in [6.45, 7) is 3.51. The van der Waals surface area contributed by atoms with Crippen LogP contribution in [0.4, 0.5) is 4.39 Å². The summed E-state index contributed by atoms with van der Waals surface area (Å²) in [5.74, 6) is -0.236. The molecular weight excluding hydrogens is 231 g/mol. The molecule has 0 fully saturated rings. The van der Waals surface area contributed by atoms with Crippen molar-refractivity contribution in [2.45, 2.75) is 31.9 Å². The summed E-state index contributed by atoms with van der Waals surface area (Å²) in [5, 5.41) is 9.20. The molecule has 0 spiro atoms. The molecule has 1 aromatic rings. The number of aliphatic hydroxyl groups is 1. The molecule has 102 valence electrons. The Morgan fingerprint density at radius 1 is 1.22 bits per heavy atom. The SMILES string of the molecule is CC(O)CCN(C)CCC(N)c1ccc(F)cc1. The molecular formula is C14H23FN2O. The van der Waals surface area contributed by atoms with Crippen molar-refractivity contribution in [2.24, 2.45) is 5.73 Å². The van der Waals surface area contributed by atoms with Crippen LogP contribution in [0.15, 0.2) is 24.3 Å². The fourth-order valence-electron chi connectivity index (χ4n) is 1.76. The molecule has 0 saturated heterocycles. The Bertz CT molecular complexity index is 340. The van der Waals surface area contributed by atoms with E-state index in [2.05, 4.69) is 4.90 Å². The van der Waals surface area contributed by atoms with Gasteiger partial charge in [-0.3, -0.25) is 0 Å². The third-order valence-corrected chi connectivity index (χ3v) is 3.05. The van der Waals surface area contributed by atoms with Gasteiger partial charge in [-0.2, -0.15) is 0 Å². The van der Waals surface area contributed by atoms with Crippen molar-refractivity contribution in [1.82, 2.24) is 4.90 Å². The Hall–Kier alpha value is -0.970. The minimum Gasteiger partial charge on any atom is -0.393 e. The highest BCUT2D eigenvalue weighted by molar-refractivity contribution is 5.19. The molecule has 0 amide bonds. The number of nitrogens with zero attached hydrogens (tertiary/aromatic N) is 1. The zero-order valence-electron chi connectivity index (χ0n) is 11.1. The van der Waals surface area contributed by atoms with Crippen LogP contribution in [0.1, 0.15) is 31.4 Å².